The zero-order chi connectivity index (χ0) is 13.9. The van der Waals surface area contributed by atoms with Crippen molar-refractivity contribution >= 4 is 0 Å². The Kier molecular flexibility index (Phi) is 3.85. The second kappa shape index (κ2) is 5.77. The highest BCUT2D eigenvalue weighted by Crippen LogP contribution is 2.36. The summed E-state index contributed by atoms with van der Waals surface area (Å²) in [7, 11) is 0. The maximum atomic E-state index is 6.07. The smallest absolute Gasteiger partial charge is 0.117 e. The minimum absolute atomic E-state index is 0.210. The molecule has 4 heteroatoms. The molecule has 106 valence electrons. The summed E-state index contributed by atoms with van der Waals surface area (Å²) in [4.78, 5) is 6.73. The zero-order valence-electron chi connectivity index (χ0n) is 11.8. The quantitative estimate of drug-likeness (QED) is 0.877. The van der Waals surface area contributed by atoms with E-state index in [2.05, 4.69) is 22.9 Å². The summed E-state index contributed by atoms with van der Waals surface area (Å²) >= 11 is 0. The summed E-state index contributed by atoms with van der Waals surface area (Å²) in [5, 5.41) is 0. The minimum Gasteiger partial charge on any atom is -0.468 e. The van der Waals surface area contributed by atoms with Crippen LogP contribution in [0.1, 0.15) is 35.8 Å². The van der Waals surface area contributed by atoms with Gasteiger partial charge in [0.1, 0.15) is 5.76 Å². The number of furan rings is 1. The van der Waals surface area contributed by atoms with Crippen LogP contribution < -0.4 is 5.73 Å². The Bertz CT molecular complexity index is 549. The summed E-state index contributed by atoms with van der Waals surface area (Å²) < 4.78 is 5.50. The van der Waals surface area contributed by atoms with Crippen LogP contribution in [0.2, 0.25) is 0 Å². The largest absolute Gasteiger partial charge is 0.468 e. The molecule has 1 atom stereocenters. The van der Waals surface area contributed by atoms with Crippen molar-refractivity contribution in [2.75, 3.05) is 6.54 Å². The predicted octanol–water partition coefficient (Wildman–Crippen LogP) is 2.65. The first-order valence-electron chi connectivity index (χ1n) is 7.18. The molecule has 1 fully saturated rings. The van der Waals surface area contributed by atoms with E-state index in [1.807, 2.05) is 24.5 Å². The van der Waals surface area contributed by atoms with E-state index in [0.717, 1.165) is 12.3 Å². The molecule has 2 heterocycles. The molecular formula is C16H21N3O. The van der Waals surface area contributed by atoms with Gasteiger partial charge in [-0.05, 0) is 49.1 Å². The van der Waals surface area contributed by atoms with E-state index >= 15 is 0 Å². The van der Waals surface area contributed by atoms with E-state index in [4.69, 9.17) is 10.2 Å². The highest BCUT2D eigenvalue weighted by Gasteiger charge is 2.35. The van der Waals surface area contributed by atoms with Crippen molar-refractivity contribution in [1.82, 2.24) is 9.88 Å². The van der Waals surface area contributed by atoms with Gasteiger partial charge >= 0.3 is 0 Å². The van der Waals surface area contributed by atoms with E-state index in [0.29, 0.717) is 12.6 Å². The molecule has 0 spiro atoms. The third-order valence-electron chi connectivity index (χ3n) is 4.00. The first kappa shape index (κ1) is 13.3. The summed E-state index contributed by atoms with van der Waals surface area (Å²) in [5.41, 5.74) is 8.55. The molecule has 0 amide bonds. The lowest BCUT2D eigenvalue weighted by atomic mass is 10.0. The van der Waals surface area contributed by atoms with Gasteiger partial charge in [-0.15, -0.1) is 0 Å². The molecule has 2 aromatic rings. The second-order valence-corrected chi connectivity index (χ2v) is 5.47. The Morgan fingerprint density at radius 3 is 2.90 bits per heavy atom. The van der Waals surface area contributed by atoms with Crippen molar-refractivity contribution in [3.05, 3.63) is 53.7 Å². The van der Waals surface area contributed by atoms with Gasteiger partial charge in [-0.2, -0.15) is 0 Å². The van der Waals surface area contributed by atoms with Crippen molar-refractivity contribution in [2.24, 2.45) is 5.73 Å². The standard InChI is InChI=1S/C16H21N3O/c1-12-6-7-18-10-15(12)16(9-17)19(13-4-5-13)11-14-3-2-8-20-14/h2-3,6-8,10,13,16H,4-5,9,11,17H2,1H3. The predicted molar refractivity (Wildman–Crippen MR) is 78.0 cm³/mol. The fraction of sp³-hybridized carbons (Fsp3) is 0.438. The number of nitrogens with zero attached hydrogens (tertiary/aromatic N) is 2. The molecule has 2 aromatic heterocycles. The topological polar surface area (TPSA) is 55.3 Å². The third kappa shape index (κ3) is 2.76. The number of hydrogen-bond acceptors (Lipinski definition) is 4. The lowest BCUT2D eigenvalue weighted by molar-refractivity contribution is 0.167. The number of aryl methyl sites for hydroxylation is 1. The first-order chi connectivity index (χ1) is 9.79. The molecule has 0 aliphatic heterocycles. The van der Waals surface area contributed by atoms with E-state index < -0.39 is 0 Å². The minimum atomic E-state index is 0.210. The van der Waals surface area contributed by atoms with Gasteiger partial charge in [-0.25, -0.2) is 0 Å². The van der Waals surface area contributed by atoms with Gasteiger partial charge in [0.2, 0.25) is 0 Å². The average molecular weight is 271 g/mol. The van der Waals surface area contributed by atoms with Crippen LogP contribution in [-0.4, -0.2) is 22.5 Å². The molecule has 1 unspecified atom stereocenters. The molecule has 4 nitrogen and oxygen atoms in total. The van der Waals surface area contributed by atoms with Crippen LogP contribution in [0.5, 0.6) is 0 Å². The van der Waals surface area contributed by atoms with Crippen LogP contribution in [0.25, 0.3) is 0 Å². The van der Waals surface area contributed by atoms with Gasteiger partial charge in [-0.1, -0.05) is 0 Å². The van der Waals surface area contributed by atoms with Crippen LogP contribution in [0, 0.1) is 6.92 Å². The SMILES string of the molecule is Cc1ccncc1C(CN)N(Cc1ccco1)C1CC1. The molecule has 1 saturated carbocycles. The zero-order valence-corrected chi connectivity index (χ0v) is 11.8. The fourth-order valence-electron chi connectivity index (χ4n) is 2.75. The van der Waals surface area contributed by atoms with Crippen molar-refractivity contribution < 1.29 is 4.42 Å². The maximum Gasteiger partial charge on any atom is 0.117 e. The van der Waals surface area contributed by atoms with E-state index in [1.54, 1.807) is 6.26 Å². The number of nitrogens with two attached hydrogens (primary N) is 1. The maximum absolute atomic E-state index is 6.07. The molecular weight excluding hydrogens is 250 g/mol. The normalized spacial score (nSPS) is 16.6. The van der Waals surface area contributed by atoms with Crippen LogP contribution in [0.4, 0.5) is 0 Å². The summed E-state index contributed by atoms with van der Waals surface area (Å²) in [6.45, 7) is 3.54. The lowest BCUT2D eigenvalue weighted by Crippen LogP contribution is -2.35. The van der Waals surface area contributed by atoms with Crippen molar-refractivity contribution in [3.8, 4) is 0 Å². The number of hydrogen-bond donors (Lipinski definition) is 1. The first-order valence-corrected chi connectivity index (χ1v) is 7.18. The molecule has 20 heavy (non-hydrogen) atoms. The van der Waals surface area contributed by atoms with E-state index in [1.165, 1.54) is 24.0 Å². The van der Waals surface area contributed by atoms with Gasteiger partial charge in [0, 0.05) is 31.0 Å². The summed E-state index contributed by atoms with van der Waals surface area (Å²) in [6, 6.07) is 6.84. The highest BCUT2D eigenvalue weighted by atomic mass is 16.3. The Hall–Kier alpha value is -1.65. The van der Waals surface area contributed by atoms with E-state index in [-0.39, 0.29) is 6.04 Å². The summed E-state index contributed by atoms with van der Waals surface area (Å²) in [6.07, 6.45) is 8.00. The van der Waals surface area contributed by atoms with Crippen molar-refractivity contribution in [3.63, 3.8) is 0 Å². The molecule has 0 saturated heterocycles. The molecule has 1 aliphatic rings. The van der Waals surface area contributed by atoms with Gasteiger partial charge in [-0.3, -0.25) is 9.88 Å². The Morgan fingerprint density at radius 1 is 1.45 bits per heavy atom. The van der Waals surface area contributed by atoms with Gasteiger partial charge in [0.05, 0.1) is 12.8 Å². The van der Waals surface area contributed by atoms with Crippen molar-refractivity contribution in [1.29, 1.82) is 0 Å². The van der Waals surface area contributed by atoms with Crippen LogP contribution in [0.3, 0.4) is 0 Å². The van der Waals surface area contributed by atoms with Crippen LogP contribution >= 0.6 is 0 Å². The molecule has 2 N–H and O–H groups in total. The molecule has 0 bridgehead atoms. The molecule has 0 aromatic carbocycles. The fourth-order valence-corrected chi connectivity index (χ4v) is 2.75. The number of aromatic nitrogens is 1. The summed E-state index contributed by atoms with van der Waals surface area (Å²) in [5.74, 6) is 0.997. The van der Waals surface area contributed by atoms with Gasteiger partial charge in [0.25, 0.3) is 0 Å². The Balaban J connectivity index is 1.86. The van der Waals surface area contributed by atoms with Crippen molar-refractivity contribution in [2.45, 2.75) is 38.4 Å². The van der Waals surface area contributed by atoms with Gasteiger partial charge < -0.3 is 10.2 Å². The Morgan fingerprint density at radius 2 is 2.30 bits per heavy atom. The lowest BCUT2D eigenvalue weighted by Gasteiger charge is -2.31. The number of pyridine rings is 1. The van der Waals surface area contributed by atoms with Gasteiger partial charge in [0.15, 0.2) is 0 Å². The average Bonchev–Trinajstić information content (AvgIpc) is 3.18. The second-order valence-electron chi connectivity index (χ2n) is 5.47. The van der Waals surface area contributed by atoms with E-state index in [9.17, 15) is 0 Å². The molecule has 1 aliphatic carbocycles. The van der Waals surface area contributed by atoms with Crippen LogP contribution in [0.15, 0.2) is 41.3 Å². The molecule has 0 radical (unpaired) electrons. The number of rotatable bonds is 6. The molecule has 3 rings (SSSR count). The highest BCUT2D eigenvalue weighted by molar-refractivity contribution is 5.26. The van der Waals surface area contributed by atoms with Crippen LogP contribution in [-0.2, 0) is 6.54 Å². The third-order valence-corrected chi connectivity index (χ3v) is 4.00. The monoisotopic (exact) mass is 271 g/mol. The Labute approximate surface area is 119 Å².